The highest BCUT2D eigenvalue weighted by atomic mass is 19.1. The first-order chi connectivity index (χ1) is 9.56. The fraction of sp³-hybridized carbons (Fsp3) is 0.533. The molecule has 1 aromatic rings. The summed E-state index contributed by atoms with van der Waals surface area (Å²) in [6.07, 6.45) is 5.63. The summed E-state index contributed by atoms with van der Waals surface area (Å²) >= 11 is 0. The van der Waals surface area contributed by atoms with E-state index in [1.807, 2.05) is 6.92 Å². The van der Waals surface area contributed by atoms with Crippen molar-refractivity contribution in [2.24, 2.45) is 0 Å². The van der Waals surface area contributed by atoms with Crippen LogP contribution in [0.15, 0.2) is 12.1 Å². The van der Waals surface area contributed by atoms with Crippen molar-refractivity contribution in [3.05, 3.63) is 23.5 Å². The van der Waals surface area contributed by atoms with E-state index in [0.717, 1.165) is 25.7 Å². The maximum atomic E-state index is 13.5. The standard InChI is InChI=1S/C15H21FN2O2/c1-2-18(10-6-4-3-5-7-10)12-9-8-11(16)14(17)13(12)15(19)20/h8-10H,2-7,17H2,1H3,(H,19,20). The first-order valence-electron chi connectivity index (χ1n) is 7.14. The Morgan fingerprint density at radius 3 is 2.60 bits per heavy atom. The molecule has 20 heavy (non-hydrogen) atoms. The lowest BCUT2D eigenvalue weighted by molar-refractivity contribution is 0.0698. The number of benzene rings is 1. The summed E-state index contributed by atoms with van der Waals surface area (Å²) in [7, 11) is 0. The van der Waals surface area contributed by atoms with Crippen molar-refractivity contribution in [1.82, 2.24) is 0 Å². The number of nitrogen functional groups attached to an aromatic ring is 1. The Labute approximate surface area is 118 Å². The highest BCUT2D eigenvalue weighted by molar-refractivity contribution is 6.00. The van der Waals surface area contributed by atoms with E-state index in [1.165, 1.54) is 18.6 Å². The number of hydrogen-bond donors (Lipinski definition) is 2. The Morgan fingerprint density at radius 1 is 1.40 bits per heavy atom. The van der Waals surface area contributed by atoms with Crippen LogP contribution in [-0.4, -0.2) is 23.7 Å². The smallest absolute Gasteiger partial charge is 0.340 e. The van der Waals surface area contributed by atoms with Crippen molar-refractivity contribution in [2.45, 2.75) is 45.1 Å². The van der Waals surface area contributed by atoms with Crippen molar-refractivity contribution >= 4 is 17.3 Å². The second-order valence-corrected chi connectivity index (χ2v) is 5.24. The largest absolute Gasteiger partial charge is 0.478 e. The number of halogens is 1. The van der Waals surface area contributed by atoms with Gasteiger partial charge in [0.2, 0.25) is 0 Å². The van der Waals surface area contributed by atoms with E-state index >= 15 is 0 Å². The number of carboxylic acid groups (broad SMARTS) is 1. The normalized spacial score (nSPS) is 16.1. The molecular formula is C15H21FN2O2. The maximum Gasteiger partial charge on any atom is 0.340 e. The van der Waals surface area contributed by atoms with Crippen molar-refractivity contribution < 1.29 is 14.3 Å². The Morgan fingerprint density at radius 2 is 2.05 bits per heavy atom. The highest BCUT2D eigenvalue weighted by Gasteiger charge is 2.26. The number of carbonyl (C=O) groups is 1. The summed E-state index contributed by atoms with van der Waals surface area (Å²) in [6.45, 7) is 2.68. The number of nitrogens with zero attached hydrogens (tertiary/aromatic N) is 1. The van der Waals surface area contributed by atoms with Gasteiger partial charge in [0.15, 0.2) is 0 Å². The van der Waals surface area contributed by atoms with Gasteiger partial charge >= 0.3 is 5.97 Å². The molecule has 0 saturated heterocycles. The Bertz CT molecular complexity index is 499. The van der Waals surface area contributed by atoms with Gasteiger partial charge in [-0.25, -0.2) is 9.18 Å². The van der Waals surface area contributed by atoms with Crippen molar-refractivity contribution in [3.8, 4) is 0 Å². The third-order valence-electron chi connectivity index (χ3n) is 4.05. The van der Waals surface area contributed by atoms with Gasteiger partial charge in [-0.05, 0) is 31.9 Å². The Balaban J connectivity index is 2.43. The van der Waals surface area contributed by atoms with E-state index in [4.69, 9.17) is 5.73 Å². The van der Waals surface area contributed by atoms with Crippen LogP contribution in [-0.2, 0) is 0 Å². The van der Waals surface area contributed by atoms with E-state index < -0.39 is 11.8 Å². The van der Waals surface area contributed by atoms with E-state index in [0.29, 0.717) is 18.3 Å². The predicted octanol–water partition coefficient (Wildman–Crippen LogP) is 3.27. The molecule has 0 unspecified atom stereocenters. The molecule has 0 amide bonds. The molecule has 1 fully saturated rings. The van der Waals surface area contributed by atoms with Crippen LogP contribution < -0.4 is 10.6 Å². The number of hydrogen-bond acceptors (Lipinski definition) is 3. The molecule has 1 saturated carbocycles. The summed E-state index contributed by atoms with van der Waals surface area (Å²) in [5.41, 5.74) is 5.77. The van der Waals surface area contributed by atoms with Crippen LogP contribution in [0.3, 0.4) is 0 Å². The first-order valence-corrected chi connectivity index (χ1v) is 7.14. The lowest BCUT2D eigenvalue weighted by Gasteiger charge is -2.36. The molecule has 0 aromatic heterocycles. The van der Waals surface area contributed by atoms with E-state index in [2.05, 4.69) is 4.90 Å². The zero-order valence-electron chi connectivity index (χ0n) is 11.7. The third kappa shape index (κ3) is 2.71. The number of anilines is 2. The fourth-order valence-corrected chi connectivity index (χ4v) is 3.06. The maximum absolute atomic E-state index is 13.5. The number of carboxylic acids is 1. The van der Waals surface area contributed by atoms with Crippen molar-refractivity contribution in [1.29, 1.82) is 0 Å². The lowest BCUT2D eigenvalue weighted by atomic mass is 9.93. The Hall–Kier alpha value is -1.78. The molecule has 0 radical (unpaired) electrons. The average Bonchev–Trinajstić information content (AvgIpc) is 2.44. The molecule has 0 heterocycles. The molecule has 2 rings (SSSR count). The molecule has 0 bridgehead atoms. The zero-order chi connectivity index (χ0) is 14.7. The minimum Gasteiger partial charge on any atom is -0.478 e. The molecule has 0 spiro atoms. The molecule has 0 aliphatic heterocycles. The molecule has 4 nitrogen and oxygen atoms in total. The van der Waals surface area contributed by atoms with Gasteiger partial charge in [0.1, 0.15) is 11.4 Å². The first kappa shape index (κ1) is 14.6. The van der Waals surface area contributed by atoms with Crippen LogP contribution in [0, 0.1) is 5.82 Å². The van der Waals surface area contributed by atoms with Gasteiger partial charge in [-0.3, -0.25) is 0 Å². The van der Waals surface area contributed by atoms with Crippen LogP contribution >= 0.6 is 0 Å². The van der Waals surface area contributed by atoms with Crippen LogP contribution in [0.25, 0.3) is 0 Å². The lowest BCUT2D eigenvalue weighted by Crippen LogP contribution is -2.37. The van der Waals surface area contributed by atoms with Crippen molar-refractivity contribution in [3.63, 3.8) is 0 Å². The van der Waals surface area contributed by atoms with Gasteiger partial charge in [-0.15, -0.1) is 0 Å². The van der Waals surface area contributed by atoms with Gasteiger partial charge in [0.05, 0.1) is 11.4 Å². The number of aromatic carboxylic acids is 1. The SMILES string of the molecule is CCN(c1ccc(F)c(N)c1C(=O)O)C1CCCCC1. The van der Waals surface area contributed by atoms with Crippen LogP contribution in [0.4, 0.5) is 15.8 Å². The molecule has 0 atom stereocenters. The fourth-order valence-electron chi connectivity index (χ4n) is 3.06. The summed E-state index contributed by atoms with van der Waals surface area (Å²) in [5.74, 6) is -1.85. The summed E-state index contributed by atoms with van der Waals surface area (Å²) in [5, 5.41) is 9.34. The van der Waals surface area contributed by atoms with Crippen LogP contribution in [0.1, 0.15) is 49.4 Å². The van der Waals surface area contributed by atoms with E-state index in [-0.39, 0.29) is 11.3 Å². The highest BCUT2D eigenvalue weighted by Crippen LogP contribution is 2.33. The topological polar surface area (TPSA) is 66.6 Å². The van der Waals surface area contributed by atoms with Gasteiger partial charge in [-0.1, -0.05) is 19.3 Å². The molecular weight excluding hydrogens is 259 g/mol. The summed E-state index contributed by atoms with van der Waals surface area (Å²) in [6, 6.07) is 3.10. The number of nitrogens with two attached hydrogens (primary N) is 1. The van der Waals surface area contributed by atoms with Crippen LogP contribution in [0.5, 0.6) is 0 Å². The molecule has 5 heteroatoms. The molecule has 1 aliphatic carbocycles. The predicted molar refractivity (Wildman–Crippen MR) is 77.7 cm³/mol. The molecule has 1 aliphatic rings. The van der Waals surface area contributed by atoms with E-state index in [9.17, 15) is 14.3 Å². The van der Waals surface area contributed by atoms with Gasteiger partial charge in [0.25, 0.3) is 0 Å². The second kappa shape index (κ2) is 6.11. The molecule has 3 N–H and O–H groups in total. The molecule has 1 aromatic carbocycles. The third-order valence-corrected chi connectivity index (χ3v) is 4.05. The van der Waals surface area contributed by atoms with Crippen molar-refractivity contribution in [2.75, 3.05) is 17.2 Å². The number of rotatable bonds is 4. The quantitative estimate of drug-likeness (QED) is 0.831. The van der Waals surface area contributed by atoms with Gasteiger partial charge < -0.3 is 15.7 Å². The van der Waals surface area contributed by atoms with Gasteiger partial charge in [-0.2, -0.15) is 0 Å². The Kier molecular flexibility index (Phi) is 4.47. The minimum atomic E-state index is -1.17. The van der Waals surface area contributed by atoms with Gasteiger partial charge in [0, 0.05) is 12.6 Å². The second-order valence-electron chi connectivity index (χ2n) is 5.24. The minimum absolute atomic E-state index is 0.113. The zero-order valence-corrected chi connectivity index (χ0v) is 11.7. The monoisotopic (exact) mass is 280 g/mol. The summed E-state index contributed by atoms with van der Waals surface area (Å²) in [4.78, 5) is 13.5. The summed E-state index contributed by atoms with van der Waals surface area (Å²) < 4.78 is 13.5. The average molecular weight is 280 g/mol. The molecule has 110 valence electrons. The van der Waals surface area contributed by atoms with E-state index in [1.54, 1.807) is 0 Å². The van der Waals surface area contributed by atoms with Crippen LogP contribution in [0.2, 0.25) is 0 Å².